The number of carbonyl (C=O) groups is 1. The Morgan fingerprint density at radius 1 is 1.30 bits per heavy atom. The van der Waals surface area contributed by atoms with Crippen molar-refractivity contribution in [3.63, 3.8) is 0 Å². The van der Waals surface area contributed by atoms with Crippen LogP contribution in [-0.2, 0) is 12.5 Å². The highest BCUT2D eigenvalue weighted by molar-refractivity contribution is 7.99. The topological polar surface area (TPSA) is 73.1 Å². The first-order chi connectivity index (χ1) is 16.0. The Kier molecular flexibility index (Phi) is 5.97. The van der Waals surface area contributed by atoms with Gasteiger partial charge >= 0.3 is 0 Å². The van der Waals surface area contributed by atoms with Gasteiger partial charge < -0.3 is 14.2 Å². The number of likely N-dealkylation sites (tertiary alicyclic amines) is 1. The molecule has 1 saturated heterocycles. The van der Waals surface area contributed by atoms with Crippen molar-refractivity contribution >= 4 is 17.5 Å². The maximum atomic E-state index is 12.1. The number of nitrogens with zero attached hydrogens (tertiary/aromatic N) is 5. The van der Waals surface area contributed by atoms with Crippen molar-refractivity contribution in [1.82, 2.24) is 24.6 Å². The Morgan fingerprint density at radius 2 is 2.18 bits per heavy atom. The molecule has 0 amide bonds. The van der Waals surface area contributed by atoms with E-state index < -0.39 is 0 Å². The summed E-state index contributed by atoms with van der Waals surface area (Å²) in [6, 6.07) is 10.1. The predicted octanol–water partition coefficient (Wildman–Crippen LogP) is 3.84. The molecule has 3 aromatic rings. The molecule has 1 saturated carbocycles. The highest BCUT2D eigenvalue weighted by Crippen LogP contribution is 2.59. The van der Waals surface area contributed by atoms with Gasteiger partial charge in [-0.2, -0.15) is 0 Å². The molecular weight excluding hydrogens is 434 g/mol. The molecule has 0 spiro atoms. The lowest BCUT2D eigenvalue weighted by atomic mass is 9.92. The minimum absolute atomic E-state index is 0.0598. The van der Waals surface area contributed by atoms with Gasteiger partial charge in [0, 0.05) is 49.3 Å². The van der Waals surface area contributed by atoms with E-state index in [0.717, 1.165) is 48.4 Å². The van der Waals surface area contributed by atoms with Gasteiger partial charge in [0.05, 0.1) is 12.7 Å². The molecule has 1 aliphatic carbocycles. The van der Waals surface area contributed by atoms with Gasteiger partial charge in [0.25, 0.3) is 0 Å². The number of benzene rings is 1. The molecule has 0 N–H and O–H groups in total. The third kappa shape index (κ3) is 4.17. The van der Waals surface area contributed by atoms with Crippen molar-refractivity contribution in [2.45, 2.75) is 30.3 Å². The van der Waals surface area contributed by atoms with E-state index in [9.17, 15) is 4.79 Å². The van der Waals surface area contributed by atoms with Gasteiger partial charge in [-0.25, -0.2) is 0 Å². The van der Waals surface area contributed by atoms with Crippen molar-refractivity contribution in [3.8, 4) is 17.1 Å². The highest BCUT2D eigenvalue weighted by atomic mass is 32.2. The molecule has 8 heteroatoms. The SMILES string of the molecule is COc1ccc([C@@]23C[C@H]2CN(CCCSc2nnc(-c4cccnc4)n2C)C3)cc1C(C)=O. The van der Waals surface area contributed by atoms with Crippen LogP contribution in [0, 0.1) is 5.92 Å². The summed E-state index contributed by atoms with van der Waals surface area (Å²) in [7, 11) is 3.63. The van der Waals surface area contributed by atoms with Crippen LogP contribution in [0.15, 0.2) is 47.9 Å². The zero-order valence-electron chi connectivity index (χ0n) is 19.3. The molecule has 1 aromatic carbocycles. The fraction of sp³-hybridized carbons (Fsp3) is 0.440. The standard InChI is InChI=1S/C25H29N5O2S/c1-17(31)21-12-19(7-8-22(21)32-3)25-13-20(25)15-30(16-25)10-5-11-33-24-28-27-23(29(24)2)18-6-4-9-26-14-18/h4,6-9,12,14,20H,5,10-11,13,15-16H2,1-3H3/t20-,25-/m0/s1. The van der Waals surface area contributed by atoms with Gasteiger partial charge in [-0.15, -0.1) is 10.2 Å². The molecule has 0 bridgehead atoms. The van der Waals surface area contributed by atoms with Crippen LogP contribution in [0.25, 0.3) is 11.4 Å². The van der Waals surface area contributed by atoms with Crippen molar-refractivity contribution in [3.05, 3.63) is 53.9 Å². The lowest BCUT2D eigenvalue weighted by Crippen LogP contribution is -2.28. The van der Waals surface area contributed by atoms with E-state index in [-0.39, 0.29) is 11.2 Å². The highest BCUT2D eigenvalue weighted by Gasteiger charge is 2.60. The number of ether oxygens (including phenoxy) is 1. The van der Waals surface area contributed by atoms with E-state index in [1.54, 1.807) is 32.0 Å². The van der Waals surface area contributed by atoms with Gasteiger partial charge in [0.2, 0.25) is 0 Å². The first-order valence-corrected chi connectivity index (χ1v) is 12.3. The molecule has 0 unspecified atom stereocenters. The predicted molar refractivity (Wildman–Crippen MR) is 129 cm³/mol. The van der Waals surface area contributed by atoms with E-state index in [1.165, 1.54) is 12.0 Å². The second kappa shape index (κ2) is 8.91. The normalized spacial score (nSPS) is 21.7. The van der Waals surface area contributed by atoms with Crippen LogP contribution in [0.2, 0.25) is 0 Å². The Bertz CT molecular complexity index is 1160. The number of hydrogen-bond acceptors (Lipinski definition) is 7. The maximum Gasteiger partial charge on any atom is 0.191 e. The summed E-state index contributed by atoms with van der Waals surface area (Å²) in [4.78, 5) is 18.8. The summed E-state index contributed by atoms with van der Waals surface area (Å²) in [5, 5.41) is 9.64. The monoisotopic (exact) mass is 463 g/mol. The second-order valence-corrected chi connectivity index (χ2v) is 10.1. The molecule has 33 heavy (non-hydrogen) atoms. The molecular formula is C25H29N5O2S. The Balaban J connectivity index is 1.15. The molecule has 2 aliphatic rings. The average molecular weight is 464 g/mol. The summed E-state index contributed by atoms with van der Waals surface area (Å²) in [6.07, 6.45) is 5.90. The molecule has 2 fully saturated rings. The number of methoxy groups -OCH3 is 1. The van der Waals surface area contributed by atoms with E-state index in [0.29, 0.717) is 17.2 Å². The van der Waals surface area contributed by atoms with Crippen molar-refractivity contribution in [2.24, 2.45) is 13.0 Å². The Hall–Kier alpha value is -2.71. The first kappa shape index (κ1) is 22.1. The average Bonchev–Trinajstić information content (AvgIpc) is 3.21. The van der Waals surface area contributed by atoms with Gasteiger partial charge in [0.15, 0.2) is 16.8 Å². The van der Waals surface area contributed by atoms with Crippen molar-refractivity contribution < 1.29 is 9.53 Å². The van der Waals surface area contributed by atoms with Gasteiger partial charge in [0.1, 0.15) is 5.75 Å². The number of Topliss-reactive ketones (excluding diaryl/α,β-unsaturated/α-hetero) is 1. The molecule has 0 radical (unpaired) electrons. The number of thioether (sulfide) groups is 1. The van der Waals surface area contributed by atoms with E-state index in [2.05, 4.69) is 32.2 Å². The number of rotatable bonds is 9. The lowest BCUT2D eigenvalue weighted by Gasteiger charge is -2.21. The van der Waals surface area contributed by atoms with E-state index in [4.69, 9.17) is 4.74 Å². The van der Waals surface area contributed by atoms with Crippen LogP contribution in [0.5, 0.6) is 5.75 Å². The molecule has 7 nitrogen and oxygen atoms in total. The minimum atomic E-state index is 0.0598. The van der Waals surface area contributed by atoms with Crippen LogP contribution < -0.4 is 4.74 Å². The fourth-order valence-electron chi connectivity index (χ4n) is 5.14. The van der Waals surface area contributed by atoms with Crippen LogP contribution in [-0.4, -0.2) is 62.9 Å². The van der Waals surface area contributed by atoms with Gasteiger partial charge in [-0.1, -0.05) is 17.8 Å². The maximum absolute atomic E-state index is 12.1. The Labute approximate surface area is 198 Å². The molecule has 1 aliphatic heterocycles. The molecule has 2 atom stereocenters. The summed E-state index contributed by atoms with van der Waals surface area (Å²) in [5.74, 6) is 3.27. The number of aromatic nitrogens is 4. The van der Waals surface area contributed by atoms with Crippen LogP contribution in [0.4, 0.5) is 0 Å². The zero-order valence-corrected chi connectivity index (χ0v) is 20.1. The first-order valence-electron chi connectivity index (χ1n) is 11.4. The van der Waals surface area contributed by atoms with Crippen LogP contribution in [0.1, 0.15) is 35.7 Å². The Morgan fingerprint density at radius 3 is 2.94 bits per heavy atom. The zero-order chi connectivity index (χ0) is 23.0. The largest absolute Gasteiger partial charge is 0.496 e. The van der Waals surface area contributed by atoms with Crippen LogP contribution in [0.3, 0.4) is 0 Å². The van der Waals surface area contributed by atoms with Gasteiger partial charge in [-0.3, -0.25) is 9.78 Å². The summed E-state index contributed by atoms with van der Waals surface area (Å²) in [5.41, 5.74) is 3.18. The third-order valence-corrected chi connectivity index (χ3v) is 8.08. The van der Waals surface area contributed by atoms with Crippen molar-refractivity contribution in [2.75, 3.05) is 32.5 Å². The molecule has 5 rings (SSSR count). The quantitative estimate of drug-likeness (QED) is 0.271. The van der Waals surface area contributed by atoms with Gasteiger partial charge in [-0.05, 0) is 62.1 Å². The summed E-state index contributed by atoms with van der Waals surface area (Å²) >= 11 is 1.75. The number of hydrogen-bond donors (Lipinski definition) is 0. The summed E-state index contributed by atoms with van der Waals surface area (Å²) < 4.78 is 7.42. The van der Waals surface area contributed by atoms with E-state index in [1.807, 2.05) is 36.0 Å². The number of ketones is 1. The molecule has 172 valence electrons. The number of pyridine rings is 1. The molecule has 2 aromatic heterocycles. The fourth-order valence-corrected chi connectivity index (χ4v) is 5.97. The van der Waals surface area contributed by atoms with Crippen LogP contribution >= 0.6 is 11.8 Å². The lowest BCUT2D eigenvalue weighted by molar-refractivity contribution is 0.101. The smallest absolute Gasteiger partial charge is 0.191 e. The second-order valence-electron chi connectivity index (χ2n) is 9.07. The summed E-state index contributed by atoms with van der Waals surface area (Å²) in [6.45, 7) is 4.90. The third-order valence-electron chi connectivity index (χ3n) is 6.97. The van der Waals surface area contributed by atoms with Crippen molar-refractivity contribution in [1.29, 1.82) is 0 Å². The molecule has 3 heterocycles. The number of fused-ring (bicyclic) bond motifs is 1. The number of carbonyl (C=O) groups excluding carboxylic acids is 1. The minimum Gasteiger partial charge on any atom is -0.496 e. The van der Waals surface area contributed by atoms with E-state index >= 15 is 0 Å². The number of piperidine rings is 1.